The lowest BCUT2D eigenvalue weighted by Crippen LogP contribution is -2.39. The van der Waals surface area contributed by atoms with Crippen molar-refractivity contribution in [2.24, 2.45) is 0 Å². The van der Waals surface area contributed by atoms with Crippen molar-refractivity contribution in [3.8, 4) is 5.75 Å². The van der Waals surface area contributed by atoms with Gasteiger partial charge in [0.1, 0.15) is 5.75 Å². The van der Waals surface area contributed by atoms with Crippen LogP contribution in [0.1, 0.15) is 45.2 Å². The van der Waals surface area contributed by atoms with E-state index in [0.29, 0.717) is 29.1 Å². The number of H-pyrrole nitrogens is 1. The van der Waals surface area contributed by atoms with Crippen molar-refractivity contribution in [1.82, 2.24) is 15.1 Å². The zero-order valence-electron chi connectivity index (χ0n) is 16.8. The molecule has 1 unspecified atom stereocenters. The number of methoxy groups -OCH3 is 1. The summed E-state index contributed by atoms with van der Waals surface area (Å²) < 4.78 is 5.14. The number of benzene rings is 2. The van der Waals surface area contributed by atoms with Crippen LogP contribution in [-0.4, -0.2) is 47.1 Å². The molecule has 0 bridgehead atoms. The van der Waals surface area contributed by atoms with E-state index < -0.39 is 0 Å². The number of carbonyl (C=O) groups is 2. The highest BCUT2D eigenvalue weighted by molar-refractivity contribution is 6.04. The Bertz CT molecular complexity index is 1010. The fourth-order valence-electron chi connectivity index (χ4n) is 3.80. The molecule has 154 valence electrons. The summed E-state index contributed by atoms with van der Waals surface area (Å²) in [5, 5.41) is 10.1. The Morgan fingerprint density at radius 2 is 1.87 bits per heavy atom. The predicted octanol–water partition coefficient (Wildman–Crippen LogP) is 3.69. The van der Waals surface area contributed by atoms with Crippen LogP contribution in [-0.2, 0) is 0 Å². The quantitative estimate of drug-likeness (QED) is 0.679. The molecule has 1 aliphatic heterocycles. The first-order valence-corrected chi connectivity index (χ1v) is 9.98. The number of aromatic amines is 1. The number of carbonyl (C=O) groups excluding carboxylic acids is 2. The lowest BCUT2D eigenvalue weighted by molar-refractivity contribution is 0.0705. The smallest absolute Gasteiger partial charge is 0.255 e. The standard InChI is InChI=1S/C23H24N4O3/c1-30-19-11-9-16(10-12-19)22(28)25-20-14-24-26-21(20)18-8-5-13-27(15-18)23(29)17-6-3-2-4-7-17/h2-4,6-7,9-12,14,18H,5,8,13,15H2,1H3,(H,24,26)(H,25,28). The van der Waals surface area contributed by atoms with Crippen molar-refractivity contribution in [1.29, 1.82) is 0 Å². The molecular formula is C23H24N4O3. The summed E-state index contributed by atoms with van der Waals surface area (Å²) in [4.78, 5) is 27.4. The third-order valence-electron chi connectivity index (χ3n) is 5.41. The number of aromatic nitrogens is 2. The highest BCUT2D eigenvalue weighted by Gasteiger charge is 2.28. The summed E-state index contributed by atoms with van der Waals surface area (Å²) in [6, 6.07) is 16.2. The van der Waals surface area contributed by atoms with Gasteiger partial charge in [-0.25, -0.2) is 0 Å². The predicted molar refractivity (Wildman–Crippen MR) is 114 cm³/mol. The molecule has 2 N–H and O–H groups in total. The molecule has 7 heteroatoms. The van der Waals surface area contributed by atoms with Gasteiger partial charge in [0.25, 0.3) is 11.8 Å². The number of amides is 2. The third-order valence-corrected chi connectivity index (χ3v) is 5.41. The third kappa shape index (κ3) is 4.20. The van der Waals surface area contributed by atoms with Gasteiger partial charge < -0.3 is 15.0 Å². The second-order valence-corrected chi connectivity index (χ2v) is 7.34. The Kier molecular flexibility index (Phi) is 5.79. The van der Waals surface area contributed by atoms with E-state index in [1.807, 2.05) is 35.2 Å². The topological polar surface area (TPSA) is 87.3 Å². The maximum Gasteiger partial charge on any atom is 0.255 e. The van der Waals surface area contributed by atoms with Crippen molar-refractivity contribution in [2.75, 3.05) is 25.5 Å². The minimum absolute atomic E-state index is 0.0311. The fraction of sp³-hybridized carbons (Fsp3) is 0.261. The second-order valence-electron chi connectivity index (χ2n) is 7.34. The van der Waals surface area contributed by atoms with Gasteiger partial charge in [-0.2, -0.15) is 5.10 Å². The molecular weight excluding hydrogens is 380 g/mol. The summed E-state index contributed by atoms with van der Waals surface area (Å²) in [5.41, 5.74) is 2.72. The molecule has 2 aromatic carbocycles. The van der Waals surface area contributed by atoms with E-state index in [0.717, 1.165) is 25.1 Å². The Labute approximate surface area is 175 Å². The molecule has 0 spiro atoms. The van der Waals surface area contributed by atoms with E-state index >= 15 is 0 Å². The van der Waals surface area contributed by atoms with Crippen molar-refractivity contribution in [2.45, 2.75) is 18.8 Å². The van der Waals surface area contributed by atoms with Crippen LogP contribution >= 0.6 is 0 Å². The van der Waals surface area contributed by atoms with Crippen LogP contribution in [0, 0.1) is 0 Å². The van der Waals surface area contributed by atoms with Crippen molar-refractivity contribution < 1.29 is 14.3 Å². The molecule has 2 heterocycles. The first kappa shape index (κ1) is 19.7. The average molecular weight is 404 g/mol. The van der Waals surface area contributed by atoms with Crippen LogP contribution in [0.2, 0.25) is 0 Å². The van der Waals surface area contributed by atoms with Gasteiger partial charge in [-0.1, -0.05) is 18.2 Å². The lowest BCUT2D eigenvalue weighted by Gasteiger charge is -2.32. The molecule has 1 fully saturated rings. The minimum Gasteiger partial charge on any atom is -0.497 e. The Morgan fingerprint density at radius 3 is 2.60 bits per heavy atom. The van der Waals surface area contributed by atoms with Crippen LogP contribution < -0.4 is 10.1 Å². The summed E-state index contributed by atoms with van der Waals surface area (Å²) in [5.74, 6) is 0.595. The van der Waals surface area contributed by atoms with Crippen molar-refractivity contribution in [3.63, 3.8) is 0 Å². The number of rotatable bonds is 5. The van der Waals surface area contributed by atoms with Gasteiger partial charge >= 0.3 is 0 Å². The molecule has 1 aromatic heterocycles. The molecule has 3 aromatic rings. The molecule has 1 aliphatic rings. The molecule has 4 rings (SSSR count). The van der Waals surface area contributed by atoms with Crippen LogP contribution in [0.3, 0.4) is 0 Å². The van der Waals surface area contributed by atoms with Gasteiger partial charge in [0.2, 0.25) is 0 Å². The monoisotopic (exact) mass is 404 g/mol. The minimum atomic E-state index is -0.215. The SMILES string of the molecule is COc1ccc(C(=O)Nc2cn[nH]c2C2CCCN(C(=O)c3ccccc3)C2)cc1. The number of nitrogens with zero attached hydrogens (tertiary/aromatic N) is 2. The van der Waals surface area contributed by atoms with E-state index in [9.17, 15) is 9.59 Å². The van der Waals surface area contributed by atoms with Gasteiger partial charge in [0, 0.05) is 30.1 Å². The van der Waals surface area contributed by atoms with Crippen LogP contribution in [0.25, 0.3) is 0 Å². The Morgan fingerprint density at radius 1 is 1.10 bits per heavy atom. The van der Waals surface area contributed by atoms with E-state index in [1.54, 1.807) is 37.6 Å². The summed E-state index contributed by atoms with van der Waals surface area (Å²) in [7, 11) is 1.59. The number of hydrogen-bond donors (Lipinski definition) is 2. The van der Waals surface area contributed by atoms with Crippen molar-refractivity contribution >= 4 is 17.5 Å². The number of piperidine rings is 1. The number of nitrogens with one attached hydrogen (secondary N) is 2. The van der Waals surface area contributed by atoms with Crippen LogP contribution in [0.5, 0.6) is 5.75 Å². The largest absolute Gasteiger partial charge is 0.497 e. The van der Waals surface area contributed by atoms with Crippen LogP contribution in [0.15, 0.2) is 60.8 Å². The van der Waals surface area contributed by atoms with Gasteiger partial charge in [-0.15, -0.1) is 0 Å². The number of ether oxygens (including phenoxy) is 1. The highest BCUT2D eigenvalue weighted by Crippen LogP contribution is 2.31. The van der Waals surface area contributed by atoms with Gasteiger partial charge in [0.15, 0.2) is 0 Å². The maximum absolute atomic E-state index is 12.8. The number of likely N-dealkylation sites (tertiary alicyclic amines) is 1. The maximum atomic E-state index is 12.8. The Balaban J connectivity index is 1.46. The first-order chi connectivity index (χ1) is 14.7. The molecule has 1 atom stereocenters. The summed E-state index contributed by atoms with van der Waals surface area (Å²) in [6.07, 6.45) is 3.44. The number of hydrogen-bond acceptors (Lipinski definition) is 4. The molecule has 0 radical (unpaired) electrons. The van der Waals surface area contributed by atoms with Crippen LogP contribution in [0.4, 0.5) is 5.69 Å². The lowest BCUT2D eigenvalue weighted by atomic mass is 9.93. The zero-order chi connectivity index (χ0) is 20.9. The first-order valence-electron chi connectivity index (χ1n) is 9.98. The molecule has 30 heavy (non-hydrogen) atoms. The highest BCUT2D eigenvalue weighted by atomic mass is 16.5. The van der Waals surface area contributed by atoms with E-state index in [1.165, 1.54) is 0 Å². The number of anilines is 1. The fourth-order valence-corrected chi connectivity index (χ4v) is 3.80. The molecule has 0 aliphatic carbocycles. The van der Waals surface area contributed by atoms with Gasteiger partial charge in [-0.05, 0) is 49.2 Å². The van der Waals surface area contributed by atoms with Gasteiger partial charge in [0.05, 0.1) is 24.7 Å². The molecule has 0 saturated carbocycles. The summed E-state index contributed by atoms with van der Waals surface area (Å²) >= 11 is 0. The van der Waals surface area contributed by atoms with Gasteiger partial charge in [-0.3, -0.25) is 14.7 Å². The average Bonchev–Trinajstić information content (AvgIpc) is 3.27. The Hall–Kier alpha value is -3.61. The molecule has 1 saturated heterocycles. The van der Waals surface area contributed by atoms with Crippen molar-refractivity contribution in [3.05, 3.63) is 77.6 Å². The van der Waals surface area contributed by atoms with E-state index in [-0.39, 0.29) is 17.7 Å². The zero-order valence-corrected chi connectivity index (χ0v) is 16.8. The normalized spacial score (nSPS) is 16.2. The van der Waals surface area contributed by atoms with E-state index in [4.69, 9.17) is 4.74 Å². The summed E-state index contributed by atoms with van der Waals surface area (Å²) in [6.45, 7) is 1.31. The molecule has 7 nitrogen and oxygen atoms in total. The molecule has 2 amide bonds. The second kappa shape index (κ2) is 8.82. The van der Waals surface area contributed by atoms with E-state index in [2.05, 4.69) is 15.5 Å².